The van der Waals surface area contributed by atoms with E-state index in [9.17, 15) is 0 Å². The fourth-order valence-electron chi connectivity index (χ4n) is 2.14. The highest BCUT2D eigenvalue weighted by Gasteiger charge is 2.19. The lowest BCUT2D eigenvalue weighted by Gasteiger charge is -2.30. The molecule has 0 radical (unpaired) electrons. The molecule has 0 saturated carbocycles. The van der Waals surface area contributed by atoms with Crippen molar-refractivity contribution in [1.82, 2.24) is 4.90 Å². The minimum absolute atomic E-state index is 0.201. The predicted molar refractivity (Wildman–Crippen MR) is 83.1 cm³/mol. The van der Waals surface area contributed by atoms with Crippen LogP contribution in [0.25, 0.3) is 0 Å². The van der Waals surface area contributed by atoms with Gasteiger partial charge in [-0.1, -0.05) is 47.8 Å². The van der Waals surface area contributed by atoms with E-state index in [0.29, 0.717) is 6.54 Å². The Bertz CT molecular complexity index is 371. The number of rotatable bonds is 7. The van der Waals surface area contributed by atoms with E-state index >= 15 is 0 Å². The van der Waals surface area contributed by atoms with Crippen LogP contribution in [0.1, 0.15) is 38.3 Å². The summed E-state index contributed by atoms with van der Waals surface area (Å²) in [4.78, 5) is 2.40. The van der Waals surface area contributed by atoms with Gasteiger partial charge in [-0.05, 0) is 43.3 Å². The normalized spacial score (nSPS) is 13.0. The molecule has 18 heavy (non-hydrogen) atoms. The van der Waals surface area contributed by atoms with Gasteiger partial charge in [-0.3, -0.25) is 4.90 Å². The summed E-state index contributed by atoms with van der Waals surface area (Å²) >= 11 is 9.80. The Labute approximate surface area is 124 Å². The van der Waals surface area contributed by atoms with E-state index < -0.39 is 0 Å². The molecular weight excluding hydrogens is 312 g/mol. The van der Waals surface area contributed by atoms with Gasteiger partial charge in [0.2, 0.25) is 0 Å². The lowest BCUT2D eigenvalue weighted by atomic mass is 10.0. The summed E-state index contributed by atoms with van der Waals surface area (Å²) in [6, 6.07) is 6.17. The minimum atomic E-state index is 0.201. The van der Waals surface area contributed by atoms with E-state index in [1.807, 2.05) is 12.1 Å². The second-order valence-corrected chi connectivity index (χ2v) is 5.72. The van der Waals surface area contributed by atoms with Crippen molar-refractivity contribution in [2.24, 2.45) is 5.73 Å². The Balaban J connectivity index is 2.95. The molecular formula is C14H22BrClN2. The number of hydrogen-bond donors (Lipinski definition) is 1. The molecule has 0 amide bonds. The van der Waals surface area contributed by atoms with Crippen LogP contribution in [0.3, 0.4) is 0 Å². The molecule has 1 aromatic carbocycles. The number of hydrogen-bond acceptors (Lipinski definition) is 2. The van der Waals surface area contributed by atoms with Crippen molar-refractivity contribution in [2.45, 2.75) is 32.7 Å². The van der Waals surface area contributed by atoms with Crippen LogP contribution < -0.4 is 5.73 Å². The van der Waals surface area contributed by atoms with Crippen LogP contribution >= 0.6 is 27.5 Å². The predicted octanol–water partition coefficient (Wildman–Crippen LogP) is 4.22. The summed E-state index contributed by atoms with van der Waals surface area (Å²) in [6.07, 6.45) is 2.38. The lowest BCUT2D eigenvalue weighted by Crippen LogP contribution is -2.34. The first-order chi connectivity index (χ1) is 8.63. The van der Waals surface area contributed by atoms with Crippen LogP contribution in [0.15, 0.2) is 22.7 Å². The zero-order chi connectivity index (χ0) is 13.5. The van der Waals surface area contributed by atoms with Gasteiger partial charge in [-0.15, -0.1) is 0 Å². The largest absolute Gasteiger partial charge is 0.329 e. The number of likely N-dealkylation sites (N-methyl/N-ethyl adjacent to an activating group) is 1. The van der Waals surface area contributed by atoms with Gasteiger partial charge in [0.15, 0.2) is 0 Å². The first kappa shape index (κ1) is 16.0. The quantitative estimate of drug-likeness (QED) is 0.809. The molecule has 0 fully saturated rings. The van der Waals surface area contributed by atoms with E-state index in [2.05, 4.69) is 40.7 Å². The van der Waals surface area contributed by atoms with Crippen molar-refractivity contribution >= 4 is 27.5 Å². The molecule has 0 aliphatic rings. The standard InChI is InChI=1S/C14H22BrClN2/c1-3-5-8-18(4-2)14(10-17)12-9-11(15)6-7-13(12)16/h6-7,9,14H,3-5,8,10,17H2,1-2H3. The Morgan fingerprint density at radius 3 is 2.67 bits per heavy atom. The van der Waals surface area contributed by atoms with Crippen LogP contribution in [0, 0.1) is 0 Å². The van der Waals surface area contributed by atoms with Crippen molar-refractivity contribution < 1.29 is 0 Å². The second kappa shape index (κ2) is 8.16. The van der Waals surface area contributed by atoms with E-state index in [1.54, 1.807) is 0 Å². The summed E-state index contributed by atoms with van der Waals surface area (Å²) in [6.45, 7) is 7.03. The number of nitrogens with zero attached hydrogens (tertiary/aromatic N) is 1. The van der Waals surface area contributed by atoms with Gasteiger partial charge in [-0.2, -0.15) is 0 Å². The third-order valence-electron chi connectivity index (χ3n) is 3.19. The van der Waals surface area contributed by atoms with Gasteiger partial charge in [0, 0.05) is 22.1 Å². The molecule has 102 valence electrons. The second-order valence-electron chi connectivity index (χ2n) is 4.40. The van der Waals surface area contributed by atoms with Crippen molar-refractivity contribution in [3.8, 4) is 0 Å². The Morgan fingerprint density at radius 1 is 1.39 bits per heavy atom. The number of halogens is 2. The van der Waals surface area contributed by atoms with Gasteiger partial charge >= 0.3 is 0 Å². The summed E-state index contributed by atoms with van der Waals surface area (Å²) in [5.41, 5.74) is 7.07. The Hall–Kier alpha value is -0.0900. The number of benzene rings is 1. The third kappa shape index (κ3) is 4.23. The maximum Gasteiger partial charge on any atom is 0.0485 e. The lowest BCUT2D eigenvalue weighted by molar-refractivity contribution is 0.209. The first-order valence-corrected chi connectivity index (χ1v) is 7.70. The highest BCUT2D eigenvalue weighted by molar-refractivity contribution is 9.10. The summed E-state index contributed by atoms with van der Waals surface area (Å²) < 4.78 is 1.05. The molecule has 0 aromatic heterocycles. The minimum Gasteiger partial charge on any atom is -0.329 e. The van der Waals surface area contributed by atoms with E-state index in [4.69, 9.17) is 17.3 Å². The van der Waals surface area contributed by atoms with E-state index in [0.717, 1.165) is 28.1 Å². The zero-order valence-corrected chi connectivity index (χ0v) is 13.5. The van der Waals surface area contributed by atoms with Gasteiger partial charge in [0.25, 0.3) is 0 Å². The Kier molecular flexibility index (Phi) is 7.23. The molecule has 1 unspecified atom stereocenters. The fourth-order valence-corrected chi connectivity index (χ4v) is 2.76. The van der Waals surface area contributed by atoms with Crippen molar-refractivity contribution in [1.29, 1.82) is 0 Å². The highest BCUT2D eigenvalue weighted by Crippen LogP contribution is 2.29. The zero-order valence-electron chi connectivity index (χ0n) is 11.1. The molecule has 0 bridgehead atoms. The van der Waals surface area contributed by atoms with Crippen molar-refractivity contribution in [2.75, 3.05) is 19.6 Å². The average molecular weight is 334 g/mol. The summed E-state index contributed by atoms with van der Waals surface area (Å²) in [5, 5.41) is 0.795. The van der Waals surface area contributed by atoms with Gasteiger partial charge in [0.1, 0.15) is 0 Å². The molecule has 0 aliphatic heterocycles. The van der Waals surface area contributed by atoms with Gasteiger partial charge in [0.05, 0.1) is 0 Å². The molecule has 0 spiro atoms. The van der Waals surface area contributed by atoms with Crippen molar-refractivity contribution in [3.63, 3.8) is 0 Å². The van der Waals surface area contributed by atoms with Crippen LogP contribution in [0.5, 0.6) is 0 Å². The van der Waals surface area contributed by atoms with E-state index in [-0.39, 0.29) is 6.04 Å². The third-order valence-corrected chi connectivity index (χ3v) is 4.02. The molecule has 0 heterocycles. The van der Waals surface area contributed by atoms with Crippen LogP contribution in [0.4, 0.5) is 0 Å². The topological polar surface area (TPSA) is 29.3 Å². The molecule has 2 nitrogen and oxygen atoms in total. The highest BCUT2D eigenvalue weighted by atomic mass is 79.9. The Morgan fingerprint density at radius 2 is 2.11 bits per heavy atom. The van der Waals surface area contributed by atoms with Gasteiger partial charge < -0.3 is 5.73 Å². The van der Waals surface area contributed by atoms with E-state index in [1.165, 1.54) is 12.8 Å². The molecule has 1 rings (SSSR count). The summed E-state index contributed by atoms with van der Waals surface area (Å²) in [7, 11) is 0. The first-order valence-electron chi connectivity index (χ1n) is 6.53. The summed E-state index contributed by atoms with van der Waals surface area (Å²) in [5.74, 6) is 0. The molecule has 0 aliphatic carbocycles. The fraction of sp³-hybridized carbons (Fsp3) is 0.571. The van der Waals surface area contributed by atoms with Crippen molar-refractivity contribution in [3.05, 3.63) is 33.3 Å². The average Bonchev–Trinajstić information content (AvgIpc) is 2.38. The van der Waals surface area contributed by atoms with Crippen LogP contribution in [0.2, 0.25) is 5.02 Å². The maximum absolute atomic E-state index is 6.30. The maximum atomic E-state index is 6.30. The molecule has 1 atom stereocenters. The monoisotopic (exact) mass is 332 g/mol. The van der Waals surface area contributed by atoms with Crippen LogP contribution in [-0.4, -0.2) is 24.5 Å². The van der Waals surface area contributed by atoms with Gasteiger partial charge in [-0.25, -0.2) is 0 Å². The molecule has 1 aromatic rings. The SMILES string of the molecule is CCCCN(CC)C(CN)c1cc(Br)ccc1Cl. The van der Waals surface area contributed by atoms with Crippen LogP contribution in [-0.2, 0) is 0 Å². The number of nitrogens with two attached hydrogens (primary N) is 1. The molecule has 4 heteroatoms. The molecule has 2 N–H and O–H groups in total. The number of unbranched alkanes of at least 4 members (excludes halogenated alkanes) is 1. The smallest absolute Gasteiger partial charge is 0.0485 e. The molecule has 0 saturated heterocycles.